The molecule has 1 aromatic carbocycles. The number of thiophene rings is 1. The Labute approximate surface area is 188 Å². The Balaban J connectivity index is 1.35. The molecule has 0 unspecified atom stereocenters. The van der Waals surface area contributed by atoms with Crippen molar-refractivity contribution >= 4 is 39.6 Å². The number of carbonyl (C=O) groups is 2. The zero-order chi connectivity index (χ0) is 21.3. The smallest absolute Gasteiger partial charge is 0.258 e. The number of nitrogens with one attached hydrogen (secondary N) is 1. The highest BCUT2D eigenvalue weighted by molar-refractivity contribution is 7.16. The van der Waals surface area contributed by atoms with Gasteiger partial charge in [0.05, 0.1) is 23.2 Å². The lowest BCUT2D eigenvalue weighted by molar-refractivity contribution is -0.142. The minimum Gasteiger partial charge on any atom is -0.381 e. The van der Waals surface area contributed by atoms with Crippen LogP contribution in [0.2, 0.25) is 0 Å². The van der Waals surface area contributed by atoms with Gasteiger partial charge in [0.2, 0.25) is 5.91 Å². The fourth-order valence-corrected chi connectivity index (χ4v) is 6.05. The first kappa shape index (κ1) is 20.4. The van der Waals surface area contributed by atoms with E-state index in [1.165, 1.54) is 22.7 Å². The van der Waals surface area contributed by atoms with Crippen molar-refractivity contribution in [2.75, 3.05) is 25.1 Å². The average Bonchev–Trinajstić information content (AvgIpc) is 3.49. The molecule has 0 bridgehead atoms. The van der Waals surface area contributed by atoms with Gasteiger partial charge in [0.1, 0.15) is 0 Å². The van der Waals surface area contributed by atoms with Crippen molar-refractivity contribution in [2.45, 2.75) is 31.2 Å². The maximum atomic E-state index is 13.8. The summed E-state index contributed by atoms with van der Waals surface area (Å²) in [5, 5.41) is 7.19. The molecule has 0 aliphatic carbocycles. The SMILES string of the molecule is O=C(Nc1nc2c(s1)CN(C(=O)C1(c3ccccc3)CCOCC1)CC2)c1ccsc1. The number of ether oxygens (including phenoxy) is 1. The molecule has 8 heteroatoms. The number of benzene rings is 1. The first-order chi connectivity index (χ1) is 15.2. The van der Waals surface area contributed by atoms with Crippen LogP contribution in [-0.4, -0.2) is 41.5 Å². The van der Waals surface area contributed by atoms with Crippen LogP contribution in [0.4, 0.5) is 5.13 Å². The van der Waals surface area contributed by atoms with E-state index in [0.717, 1.165) is 16.1 Å². The number of thiazole rings is 1. The molecule has 1 N–H and O–H groups in total. The van der Waals surface area contributed by atoms with Gasteiger partial charge in [0.25, 0.3) is 5.91 Å². The third-order valence-electron chi connectivity index (χ3n) is 6.10. The summed E-state index contributed by atoms with van der Waals surface area (Å²) >= 11 is 2.95. The number of fused-ring (bicyclic) bond motifs is 1. The Hall–Kier alpha value is -2.55. The molecule has 0 spiro atoms. The van der Waals surface area contributed by atoms with Crippen molar-refractivity contribution in [3.05, 3.63) is 68.9 Å². The van der Waals surface area contributed by atoms with Gasteiger partial charge in [-0.25, -0.2) is 4.98 Å². The summed E-state index contributed by atoms with van der Waals surface area (Å²) in [5.41, 5.74) is 2.16. The average molecular weight is 454 g/mol. The van der Waals surface area contributed by atoms with Crippen LogP contribution < -0.4 is 5.32 Å². The van der Waals surface area contributed by atoms with Crippen LogP contribution in [0.1, 0.15) is 39.3 Å². The predicted octanol–water partition coefficient (Wildman–Crippen LogP) is 4.09. The molecule has 2 aliphatic rings. The molecular formula is C23H23N3O3S2. The van der Waals surface area contributed by atoms with E-state index in [4.69, 9.17) is 4.74 Å². The summed E-state index contributed by atoms with van der Waals surface area (Å²) in [6.45, 7) is 2.37. The molecule has 6 nitrogen and oxygen atoms in total. The summed E-state index contributed by atoms with van der Waals surface area (Å²) in [5.74, 6) is 0.0235. The Morgan fingerprint density at radius 3 is 2.68 bits per heavy atom. The molecular weight excluding hydrogens is 430 g/mol. The third-order valence-corrected chi connectivity index (χ3v) is 7.79. The highest BCUT2D eigenvalue weighted by Crippen LogP contribution is 2.38. The van der Waals surface area contributed by atoms with Gasteiger partial charge in [-0.05, 0) is 29.9 Å². The molecule has 0 atom stereocenters. The van der Waals surface area contributed by atoms with Crippen molar-refractivity contribution in [2.24, 2.45) is 0 Å². The van der Waals surface area contributed by atoms with Gasteiger partial charge in [-0.3, -0.25) is 14.9 Å². The Morgan fingerprint density at radius 1 is 1.13 bits per heavy atom. The highest BCUT2D eigenvalue weighted by Gasteiger charge is 2.44. The molecule has 2 aromatic heterocycles. The van der Waals surface area contributed by atoms with Crippen molar-refractivity contribution in [3.8, 4) is 0 Å². The molecule has 4 heterocycles. The second-order valence-electron chi connectivity index (χ2n) is 7.89. The summed E-state index contributed by atoms with van der Waals surface area (Å²) in [4.78, 5) is 33.8. The van der Waals surface area contributed by atoms with E-state index in [1.54, 1.807) is 6.07 Å². The van der Waals surface area contributed by atoms with Crippen LogP contribution in [0.3, 0.4) is 0 Å². The quantitative estimate of drug-likeness (QED) is 0.646. The first-order valence-electron chi connectivity index (χ1n) is 10.4. The van der Waals surface area contributed by atoms with Crippen molar-refractivity contribution in [1.82, 2.24) is 9.88 Å². The van der Waals surface area contributed by atoms with Crippen LogP contribution in [0, 0.1) is 0 Å². The normalized spacial score (nSPS) is 17.7. The number of anilines is 1. The van der Waals surface area contributed by atoms with E-state index in [-0.39, 0.29) is 11.8 Å². The summed E-state index contributed by atoms with van der Waals surface area (Å²) in [6, 6.07) is 11.9. The van der Waals surface area contributed by atoms with E-state index in [9.17, 15) is 9.59 Å². The monoisotopic (exact) mass is 453 g/mol. The molecule has 0 saturated carbocycles. The molecule has 2 amide bonds. The van der Waals surface area contributed by atoms with E-state index < -0.39 is 5.41 Å². The topological polar surface area (TPSA) is 71.5 Å². The number of hydrogen-bond acceptors (Lipinski definition) is 6. The number of carbonyl (C=O) groups excluding carboxylic acids is 2. The van der Waals surface area contributed by atoms with Gasteiger partial charge in [-0.15, -0.1) is 0 Å². The number of amides is 2. The van der Waals surface area contributed by atoms with Crippen LogP contribution >= 0.6 is 22.7 Å². The van der Waals surface area contributed by atoms with Crippen LogP contribution in [0.5, 0.6) is 0 Å². The lowest BCUT2D eigenvalue weighted by Crippen LogP contribution is -2.51. The number of rotatable bonds is 4. The van der Waals surface area contributed by atoms with Gasteiger partial charge in [-0.2, -0.15) is 11.3 Å². The Bertz CT molecular complexity index is 1070. The van der Waals surface area contributed by atoms with Gasteiger partial charge < -0.3 is 9.64 Å². The third kappa shape index (κ3) is 3.91. The van der Waals surface area contributed by atoms with Crippen LogP contribution in [0.25, 0.3) is 0 Å². The zero-order valence-electron chi connectivity index (χ0n) is 17.0. The maximum Gasteiger partial charge on any atom is 0.258 e. The maximum absolute atomic E-state index is 13.8. The van der Waals surface area contributed by atoms with E-state index in [2.05, 4.69) is 22.4 Å². The summed E-state index contributed by atoms with van der Waals surface area (Å²) < 4.78 is 5.59. The summed E-state index contributed by atoms with van der Waals surface area (Å²) in [7, 11) is 0. The Kier molecular flexibility index (Phi) is 5.60. The Morgan fingerprint density at radius 2 is 1.94 bits per heavy atom. The summed E-state index contributed by atoms with van der Waals surface area (Å²) in [6.07, 6.45) is 2.10. The molecule has 2 aliphatic heterocycles. The largest absolute Gasteiger partial charge is 0.381 e. The predicted molar refractivity (Wildman–Crippen MR) is 122 cm³/mol. The number of hydrogen-bond donors (Lipinski definition) is 1. The van der Waals surface area contributed by atoms with Gasteiger partial charge in [0, 0.05) is 36.4 Å². The van der Waals surface area contributed by atoms with Crippen molar-refractivity contribution in [1.29, 1.82) is 0 Å². The van der Waals surface area contributed by atoms with Crippen molar-refractivity contribution < 1.29 is 14.3 Å². The lowest BCUT2D eigenvalue weighted by Gasteiger charge is -2.41. The zero-order valence-corrected chi connectivity index (χ0v) is 18.6. The standard InChI is InChI=1S/C23H23N3O3S2/c27-20(16-7-13-30-15-16)25-22-24-18-6-10-26(14-19(18)31-22)21(28)23(8-11-29-12-9-23)17-4-2-1-3-5-17/h1-5,7,13,15H,6,8-12,14H2,(H,24,25,27). The second kappa shape index (κ2) is 8.53. The molecule has 3 aromatic rings. The van der Waals surface area contributed by atoms with Gasteiger partial charge >= 0.3 is 0 Å². The van der Waals surface area contributed by atoms with Crippen LogP contribution in [-0.2, 0) is 27.9 Å². The fraction of sp³-hybridized carbons (Fsp3) is 0.348. The number of aromatic nitrogens is 1. The minimum atomic E-state index is -0.530. The number of nitrogens with zero attached hydrogens (tertiary/aromatic N) is 2. The fourth-order valence-electron chi connectivity index (χ4n) is 4.39. The van der Waals surface area contributed by atoms with Crippen LogP contribution in [0.15, 0.2) is 47.2 Å². The van der Waals surface area contributed by atoms with E-state index >= 15 is 0 Å². The van der Waals surface area contributed by atoms with Gasteiger partial charge in [0.15, 0.2) is 5.13 Å². The van der Waals surface area contributed by atoms with E-state index in [0.29, 0.717) is 56.3 Å². The minimum absolute atomic E-state index is 0.148. The molecule has 0 radical (unpaired) electrons. The van der Waals surface area contributed by atoms with E-state index in [1.807, 2.05) is 33.9 Å². The lowest BCUT2D eigenvalue weighted by atomic mass is 9.73. The molecule has 5 rings (SSSR count). The highest BCUT2D eigenvalue weighted by atomic mass is 32.1. The van der Waals surface area contributed by atoms with Gasteiger partial charge in [-0.1, -0.05) is 41.7 Å². The molecule has 1 saturated heterocycles. The molecule has 31 heavy (non-hydrogen) atoms. The second-order valence-corrected chi connectivity index (χ2v) is 9.76. The molecule has 1 fully saturated rings. The van der Waals surface area contributed by atoms with Crippen molar-refractivity contribution in [3.63, 3.8) is 0 Å². The first-order valence-corrected chi connectivity index (χ1v) is 12.2. The molecule has 160 valence electrons.